The van der Waals surface area contributed by atoms with Gasteiger partial charge in [-0.05, 0) is 70.1 Å². The third-order valence-electron chi connectivity index (χ3n) is 4.06. The fraction of sp³-hybridized carbons (Fsp3) is 0.0870. The van der Waals surface area contributed by atoms with Crippen LogP contribution in [-0.4, -0.2) is 24.6 Å². The van der Waals surface area contributed by atoms with Gasteiger partial charge >= 0.3 is 0 Å². The van der Waals surface area contributed by atoms with E-state index in [0.717, 1.165) is 20.4 Å². The minimum absolute atomic E-state index is 0.159. The van der Waals surface area contributed by atoms with Crippen molar-refractivity contribution in [2.45, 2.75) is 6.61 Å². The van der Waals surface area contributed by atoms with Gasteiger partial charge in [-0.25, -0.2) is 5.43 Å². The van der Waals surface area contributed by atoms with Crippen molar-refractivity contribution in [3.05, 3.63) is 99.1 Å². The van der Waals surface area contributed by atoms with E-state index in [-0.39, 0.29) is 12.5 Å². The van der Waals surface area contributed by atoms with Crippen molar-refractivity contribution in [2.75, 3.05) is 6.54 Å². The topological polar surface area (TPSA) is 79.8 Å². The van der Waals surface area contributed by atoms with Crippen molar-refractivity contribution in [3.8, 4) is 5.75 Å². The highest BCUT2D eigenvalue weighted by molar-refractivity contribution is 14.1. The summed E-state index contributed by atoms with van der Waals surface area (Å²) in [5.41, 5.74) is 4.84. The average molecular weight is 513 g/mol. The van der Waals surface area contributed by atoms with Crippen molar-refractivity contribution in [2.24, 2.45) is 5.10 Å². The second-order valence-electron chi connectivity index (χ2n) is 6.30. The Labute approximate surface area is 188 Å². The third-order valence-corrected chi connectivity index (χ3v) is 5.00. The van der Waals surface area contributed by atoms with Gasteiger partial charge in [0.1, 0.15) is 12.4 Å². The highest BCUT2D eigenvalue weighted by Crippen LogP contribution is 2.13. The highest BCUT2D eigenvalue weighted by Gasteiger charge is 2.10. The molecular weight excluding hydrogens is 493 g/mol. The van der Waals surface area contributed by atoms with E-state index in [9.17, 15) is 9.59 Å². The van der Waals surface area contributed by atoms with E-state index >= 15 is 0 Å². The Kier molecular flexibility index (Phi) is 7.96. The largest absolute Gasteiger partial charge is 0.489 e. The van der Waals surface area contributed by atoms with Gasteiger partial charge in [0.25, 0.3) is 11.8 Å². The maximum absolute atomic E-state index is 12.1. The van der Waals surface area contributed by atoms with E-state index in [1.807, 2.05) is 66.7 Å². The Hall–Kier alpha value is -3.20. The van der Waals surface area contributed by atoms with E-state index in [4.69, 9.17) is 4.74 Å². The Balaban J connectivity index is 1.41. The number of nitrogens with one attached hydrogen (secondary N) is 2. The van der Waals surface area contributed by atoms with Crippen molar-refractivity contribution >= 4 is 40.6 Å². The lowest BCUT2D eigenvalue weighted by atomic mass is 10.2. The maximum atomic E-state index is 12.1. The van der Waals surface area contributed by atoms with Crippen molar-refractivity contribution in [3.63, 3.8) is 0 Å². The van der Waals surface area contributed by atoms with Crippen LogP contribution in [0.25, 0.3) is 0 Å². The molecule has 0 radical (unpaired) electrons. The number of carbonyl (C=O) groups excluding carboxylic acids is 2. The second-order valence-corrected chi connectivity index (χ2v) is 7.46. The minimum Gasteiger partial charge on any atom is -0.489 e. The molecule has 2 amide bonds. The summed E-state index contributed by atoms with van der Waals surface area (Å²) in [6, 6.07) is 24.5. The van der Waals surface area contributed by atoms with Crippen LogP contribution >= 0.6 is 22.6 Å². The summed E-state index contributed by atoms with van der Waals surface area (Å²) >= 11 is 2.08. The number of carbonyl (C=O) groups is 2. The molecule has 0 unspecified atom stereocenters. The quantitative estimate of drug-likeness (QED) is 0.274. The first kappa shape index (κ1) is 21.5. The molecule has 0 heterocycles. The summed E-state index contributed by atoms with van der Waals surface area (Å²) in [5.74, 6) is 0.0388. The van der Waals surface area contributed by atoms with Crippen LogP contribution in [0.2, 0.25) is 0 Å². The van der Waals surface area contributed by atoms with E-state index in [1.165, 1.54) is 6.21 Å². The molecule has 0 aliphatic heterocycles. The Bertz CT molecular complexity index is 1020. The van der Waals surface area contributed by atoms with Crippen LogP contribution in [0.15, 0.2) is 84.0 Å². The van der Waals surface area contributed by atoms with Crippen LogP contribution in [0, 0.1) is 3.57 Å². The standard InChI is InChI=1S/C23H20IN3O3/c24-21-9-5-4-8-20(21)23(29)25-15-22(28)27-26-14-17-10-12-19(13-11-17)30-16-18-6-2-1-3-7-18/h1-14H,15-16H2,(H,25,29)(H,27,28). The molecule has 0 aliphatic carbocycles. The summed E-state index contributed by atoms with van der Waals surface area (Å²) in [6.07, 6.45) is 1.53. The molecule has 0 saturated heterocycles. The average Bonchev–Trinajstić information content (AvgIpc) is 2.78. The summed E-state index contributed by atoms with van der Waals surface area (Å²) in [6.45, 7) is 0.339. The molecule has 0 aliphatic rings. The minimum atomic E-state index is -0.409. The zero-order chi connectivity index (χ0) is 21.2. The zero-order valence-corrected chi connectivity index (χ0v) is 18.2. The molecular formula is C23H20IN3O3. The molecule has 6 nitrogen and oxygen atoms in total. The molecule has 0 saturated carbocycles. The van der Waals surface area contributed by atoms with Crippen molar-refractivity contribution < 1.29 is 14.3 Å². The molecule has 7 heteroatoms. The number of halogens is 1. The number of hydrogen-bond acceptors (Lipinski definition) is 4. The third kappa shape index (κ3) is 6.70. The van der Waals surface area contributed by atoms with Gasteiger partial charge in [0, 0.05) is 3.57 Å². The van der Waals surface area contributed by atoms with E-state index in [2.05, 4.69) is 38.4 Å². The molecule has 3 aromatic carbocycles. The number of benzene rings is 3. The summed E-state index contributed by atoms with van der Waals surface area (Å²) in [4.78, 5) is 24.0. The van der Waals surface area contributed by atoms with Gasteiger partial charge in [0.2, 0.25) is 0 Å². The van der Waals surface area contributed by atoms with Gasteiger partial charge in [-0.2, -0.15) is 5.10 Å². The number of rotatable bonds is 8. The highest BCUT2D eigenvalue weighted by atomic mass is 127. The molecule has 0 bridgehead atoms. The van der Waals surface area contributed by atoms with Crippen LogP contribution in [0.1, 0.15) is 21.5 Å². The fourth-order valence-corrected chi connectivity index (χ4v) is 3.14. The molecule has 0 spiro atoms. The van der Waals surface area contributed by atoms with Crippen LogP contribution < -0.4 is 15.5 Å². The predicted molar refractivity (Wildman–Crippen MR) is 124 cm³/mol. The first-order chi connectivity index (χ1) is 14.6. The van der Waals surface area contributed by atoms with E-state index < -0.39 is 5.91 Å². The molecule has 3 rings (SSSR count). The Morgan fingerprint density at radius 1 is 0.933 bits per heavy atom. The normalized spacial score (nSPS) is 10.6. The monoisotopic (exact) mass is 513 g/mol. The summed E-state index contributed by atoms with van der Waals surface area (Å²) in [5, 5.41) is 6.49. The van der Waals surface area contributed by atoms with Crippen molar-refractivity contribution in [1.29, 1.82) is 0 Å². The molecule has 2 N–H and O–H groups in total. The van der Waals surface area contributed by atoms with Gasteiger partial charge in [-0.15, -0.1) is 0 Å². The van der Waals surface area contributed by atoms with Crippen LogP contribution in [-0.2, 0) is 11.4 Å². The second kappa shape index (κ2) is 11.1. The molecule has 0 aromatic heterocycles. The predicted octanol–water partition coefficient (Wildman–Crippen LogP) is 3.75. The lowest BCUT2D eigenvalue weighted by Crippen LogP contribution is -2.35. The molecule has 30 heavy (non-hydrogen) atoms. The Morgan fingerprint density at radius 2 is 1.63 bits per heavy atom. The fourth-order valence-electron chi connectivity index (χ4n) is 2.51. The lowest BCUT2D eigenvalue weighted by Gasteiger charge is -2.06. The molecule has 152 valence electrons. The van der Waals surface area contributed by atoms with Gasteiger partial charge in [-0.3, -0.25) is 9.59 Å². The number of nitrogens with zero attached hydrogens (tertiary/aromatic N) is 1. The number of amides is 2. The van der Waals surface area contributed by atoms with Crippen LogP contribution in [0.4, 0.5) is 0 Å². The lowest BCUT2D eigenvalue weighted by molar-refractivity contribution is -0.120. The molecule has 0 fully saturated rings. The Morgan fingerprint density at radius 3 is 2.37 bits per heavy atom. The van der Waals surface area contributed by atoms with Gasteiger partial charge < -0.3 is 10.1 Å². The van der Waals surface area contributed by atoms with E-state index in [1.54, 1.807) is 12.1 Å². The summed E-state index contributed by atoms with van der Waals surface area (Å²) in [7, 11) is 0. The van der Waals surface area contributed by atoms with E-state index in [0.29, 0.717) is 12.2 Å². The van der Waals surface area contributed by atoms with Crippen LogP contribution in [0.5, 0.6) is 5.75 Å². The maximum Gasteiger partial charge on any atom is 0.259 e. The first-order valence-electron chi connectivity index (χ1n) is 9.23. The summed E-state index contributed by atoms with van der Waals surface area (Å²) < 4.78 is 6.56. The molecule has 0 atom stereocenters. The zero-order valence-electron chi connectivity index (χ0n) is 16.0. The number of hydrogen-bond donors (Lipinski definition) is 2. The van der Waals surface area contributed by atoms with Crippen LogP contribution in [0.3, 0.4) is 0 Å². The molecule has 3 aromatic rings. The van der Waals surface area contributed by atoms with Gasteiger partial charge in [0.05, 0.1) is 18.3 Å². The van der Waals surface area contributed by atoms with Crippen molar-refractivity contribution in [1.82, 2.24) is 10.7 Å². The first-order valence-corrected chi connectivity index (χ1v) is 10.3. The smallest absolute Gasteiger partial charge is 0.259 e. The number of ether oxygens (including phenoxy) is 1. The van der Waals surface area contributed by atoms with Gasteiger partial charge in [-0.1, -0.05) is 42.5 Å². The number of hydrazone groups is 1. The van der Waals surface area contributed by atoms with Gasteiger partial charge in [0.15, 0.2) is 0 Å². The SMILES string of the molecule is O=C(CNC(=O)c1ccccc1I)NN=Cc1ccc(OCc2ccccc2)cc1.